The van der Waals surface area contributed by atoms with Crippen LogP contribution in [0.1, 0.15) is 13.8 Å². The van der Waals surface area contributed by atoms with Crippen LogP contribution in [0.2, 0.25) is 0 Å². The van der Waals surface area contributed by atoms with Crippen LogP contribution in [0.25, 0.3) is 0 Å². The van der Waals surface area contributed by atoms with E-state index in [4.69, 9.17) is 4.74 Å². The van der Waals surface area contributed by atoms with Crippen LogP contribution < -0.4 is 0 Å². The number of carbonyl (C=O) groups excluding carboxylic acids is 2. The lowest BCUT2D eigenvalue weighted by Crippen LogP contribution is -2.32. The van der Waals surface area contributed by atoms with Gasteiger partial charge in [0, 0.05) is 5.41 Å². The third-order valence-corrected chi connectivity index (χ3v) is 1.70. The lowest BCUT2D eigenvalue weighted by molar-refractivity contribution is -0.154. The minimum Gasteiger partial charge on any atom is -0.462 e. The molecule has 0 spiro atoms. The Kier molecular flexibility index (Phi) is 1.85. The highest BCUT2D eigenvalue weighted by Gasteiger charge is 2.45. The molecular formula is C7H10O4. The van der Waals surface area contributed by atoms with Crippen molar-refractivity contribution < 1.29 is 19.1 Å². The van der Waals surface area contributed by atoms with Crippen LogP contribution in [0.5, 0.6) is 0 Å². The molecule has 0 aromatic heterocycles. The van der Waals surface area contributed by atoms with Crippen LogP contribution in [-0.4, -0.2) is 25.2 Å². The van der Waals surface area contributed by atoms with Gasteiger partial charge < -0.3 is 9.47 Å². The van der Waals surface area contributed by atoms with Gasteiger partial charge in [0.25, 0.3) is 6.47 Å². The lowest BCUT2D eigenvalue weighted by Gasteiger charge is -2.18. The molecule has 62 valence electrons. The van der Waals surface area contributed by atoms with Gasteiger partial charge in [-0.15, -0.1) is 0 Å². The first kappa shape index (κ1) is 8.04. The summed E-state index contributed by atoms with van der Waals surface area (Å²) in [6.45, 7) is 4.21. The van der Waals surface area contributed by atoms with Crippen molar-refractivity contribution in [3.63, 3.8) is 0 Å². The predicted molar refractivity (Wildman–Crippen MR) is 35.7 cm³/mol. The van der Waals surface area contributed by atoms with E-state index in [0.717, 1.165) is 0 Å². The Balaban J connectivity index is 2.71. The maximum absolute atomic E-state index is 10.9. The summed E-state index contributed by atoms with van der Waals surface area (Å²) in [5.74, 6) is -0.456. The van der Waals surface area contributed by atoms with E-state index in [1.807, 2.05) is 13.8 Å². The van der Waals surface area contributed by atoms with Gasteiger partial charge in [-0.3, -0.25) is 4.79 Å². The molecule has 1 heterocycles. The number of cyclic esters (lactones) is 1. The van der Waals surface area contributed by atoms with Crippen molar-refractivity contribution in [1.82, 2.24) is 0 Å². The summed E-state index contributed by atoms with van der Waals surface area (Å²) in [6, 6.07) is 0. The summed E-state index contributed by atoms with van der Waals surface area (Å²) in [4.78, 5) is 20.8. The van der Waals surface area contributed by atoms with E-state index in [0.29, 0.717) is 6.61 Å². The quantitative estimate of drug-likeness (QED) is 0.423. The molecule has 4 nitrogen and oxygen atoms in total. The smallest absolute Gasteiger partial charge is 0.348 e. The van der Waals surface area contributed by atoms with Crippen molar-refractivity contribution in [2.24, 2.45) is 5.41 Å². The molecule has 0 bridgehead atoms. The van der Waals surface area contributed by atoms with Crippen molar-refractivity contribution in [1.29, 1.82) is 0 Å². The fourth-order valence-electron chi connectivity index (χ4n) is 1.02. The normalized spacial score (nSPS) is 27.8. The minimum absolute atomic E-state index is 0.277. The van der Waals surface area contributed by atoms with Gasteiger partial charge in [0.1, 0.15) is 6.61 Å². The molecule has 1 fully saturated rings. The van der Waals surface area contributed by atoms with Gasteiger partial charge in [0.15, 0.2) is 0 Å². The second-order valence-electron chi connectivity index (χ2n) is 3.21. The van der Waals surface area contributed by atoms with Gasteiger partial charge in [-0.2, -0.15) is 0 Å². The average molecular weight is 158 g/mol. The average Bonchev–Trinajstić information content (AvgIpc) is 2.16. The fraction of sp³-hybridized carbons (Fsp3) is 0.714. The monoisotopic (exact) mass is 158 g/mol. The zero-order chi connectivity index (χ0) is 8.48. The molecule has 0 aromatic rings. The topological polar surface area (TPSA) is 52.6 Å². The molecule has 1 unspecified atom stereocenters. The van der Waals surface area contributed by atoms with Crippen LogP contribution in [-0.2, 0) is 19.1 Å². The number of hydrogen-bond donors (Lipinski definition) is 0. The molecule has 0 saturated carbocycles. The van der Waals surface area contributed by atoms with Crippen LogP contribution >= 0.6 is 0 Å². The Labute approximate surface area is 64.5 Å². The Morgan fingerprint density at radius 2 is 2.36 bits per heavy atom. The van der Waals surface area contributed by atoms with Gasteiger partial charge in [-0.05, 0) is 0 Å². The molecule has 11 heavy (non-hydrogen) atoms. The van der Waals surface area contributed by atoms with Crippen molar-refractivity contribution >= 4 is 12.4 Å². The zero-order valence-corrected chi connectivity index (χ0v) is 6.49. The van der Waals surface area contributed by atoms with E-state index in [-0.39, 0.29) is 6.47 Å². The van der Waals surface area contributed by atoms with Crippen molar-refractivity contribution in [3.05, 3.63) is 0 Å². The lowest BCUT2D eigenvalue weighted by atomic mass is 9.90. The summed E-state index contributed by atoms with van der Waals surface area (Å²) in [5.41, 5.74) is -0.391. The summed E-state index contributed by atoms with van der Waals surface area (Å²) in [7, 11) is 0. The largest absolute Gasteiger partial charge is 0.462 e. The molecule has 0 aliphatic carbocycles. The maximum atomic E-state index is 10.9. The summed E-state index contributed by atoms with van der Waals surface area (Å²) >= 11 is 0. The fourth-order valence-corrected chi connectivity index (χ4v) is 1.02. The third-order valence-electron chi connectivity index (χ3n) is 1.70. The van der Waals surface area contributed by atoms with Crippen LogP contribution in [0.15, 0.2) is 0 Å². The molecule has 0 amide bonds. The van der Waals surface area contributed by atoms with E-state index < -0.39 is 17.5 Å². The molecule has 4 heteroatoms. The molecule has 1 saturated heterocycles. The molecule has 0 N–H and O–H groups in total. The second kappa shape index (κ2) is 2.53. The van der Waals surface area contributed by atoms with Crippen LogP contribution in [0.3, 0.4) is 0 Å². The van der Waals surface area contributed by atoms with E-state index in [2.05, 4.69) is 4.74 Å². The van der Waals surface area contributed by atoms with Gasteiger partial charge >= 0.3 is 5.97 Å². The Hall–Kier alpha value is -1.06. The van der Waals surface area contributed by atoms with Gasteiger partial charge in [-0.1, -0.05) is 13.8 Å². The number of hydrogen-bond acceptors (Lipinski definition) is 4. The molecule has 1 aliphatic rings. The molecule has 1 atom stereocenters. The highest BCUT2D eigenvalue weighted by molar-refractivity contribution is 5.79. The predicted octanol–water partition coefficient (Wildman–Crippen LogP) is 0.111. The molecule has 0 aromatic carbocycles. The number of ether oxygens (including phenoxy) is 2. The van der Waals surface area contributed by atoms with Gasteiger partial charge in [-0.25, -0.2) is 4.79 Å². The standard InChI is InChI=1S/C7H10O4/c1-7(2)3-10-6(9)5(7)11-4-8/h4-5H,3H2,1-2H3. The minimum atomic E-state index is -0.736. The van der Waals surface area contributed by atoms with Crippen molar-refractivity contribution in [2.45, 2.75) is 20.0 Å². The Morgan fingerprint density at radius 1 is 1.73 bits per heavy atom. The van der Waals surface area contributed by atoms with Crippen molar-refractivity contribution in [2.75, 3.05) is 6.61 Å². The SMILES string of the molecule is CC1(C)COC(=O)C1OC=O. The summed E-state index contributed by atoms with van der Waals surface area (Å²) < 4.78 is 9.29. The zero-order valence-electron chi connectivity index (χ0n) is 6.49. The highest BCUT2D eigenvalue weighted by Crippen LogP contribution is 2.30. The van der Waals surface area contributed by atoms with Crippen molar-refractivity contribution in [3.8, 4) is 0 Å². The Morgan fingerprint density at radius 3 is 2.73 bits per heavy atom. The van der Waals surface area contributed by atoms with Crippen LogP contribution in [0, 0.1) is 5.41 Å². The summed E-state index contributed by atoms with van der Waals surface area (Å²) in [6.07, 6.45) is -0.736. The molecular weight excluding hydrogens is 148 g/mol. The first-order chi connectivity index (χ1) is 5.08. The first-order valence-corrected chi connectivity index (χ1v) is 3.33. The van der Waals surface area contributed by atoms with Gasteiger partial charge in [0.05, 0.1) is 0 Å². The number of esters is 1. The van der Waals surface area contributed by atoms with E-state index >= 15 is 0 Å². The maximum Gasteiger partial charge on any atom is 0.348 e. The first-order valence-electron chi connectivity index (χ1n) is 3.33. The Bertz CT molecular complexity index is 185. The third kappa shape index (κ3) is 1.34. The molecule has 1 aliphatic heterocycles. The molecule has 0 radical (unpaired) electrons. The van der Waals surface area contributed by atoms with E-state index in [9.17, 15) is 9.59 Å². The van der Waals surface area contributed by atoms with E-state index in [1.54, 1.807) is 0 Å². The van der Waals surface area contributed by atoms with Crippen LogP contribution in [0.4, 0.5) is 0 Å². The highest BCUT2D eigenvalue weighted by atomic mass is 16.6. The summed E-state index contributed by atoms with van der Waals surface area (Å²) in [5, 5.41) is 0. The molecule has 1 rings (SSSR count). The van der Waals surface area contributed by atoms with Gasteiger partial charge in [0.2, 0.25) is 6.10 Å². The number of carbonyl (C=O) groups is 2. The number of rotatable bonds is 2. The second-order valence-corrected chi connectivity index (χ2v) is 3.21. The van der Waals surface area contributed by atoms with E-state index in [1.165, 1.54) is 0 Å².